The lowest BCUT2D eigenvalue weighted by molar-refractivity contribution is -0.145. The summed E-state index contributed by atoms with van der Waals surface area (Å²) in [6.45, 7) is 1.83. The Kier molecular flexibility index (Phi) is 4.86. The number of hydrogen-bond donors (Lipinski definition) is 0. The monoisotopic (exact) mass is 308 g/mol. The Labute approximate surface area is 126 Å². The van der Waals surface area contributed by atoms with E-state index in [1.54, 1.807) is 31.3 Å². The molecule has 20 heavy (non-hydrogen) atoms. The minimum atomic E-state index is -0.470. The Morgan fingerprint density at radius 2 is 2.35 bits per heavy atom. The Hall–Kier alpha value is -1.73. The summed E-state index contributed by atoms with van der Waals surface area (Å²) in [4.78, 5) is 29.4. The van der Waals surface area contributed by atoms with E-state index in [-0.39, 0.29) is 19.1 Å². The predicted molar refractivity (Wildman–Crippen MR) is 80.7 cm³/mol. The number of rotatable bonds is 4. The third-order valence-corrected chi connectivity index (χ3v) is 3.81. The molecule has 1 aliphatic heterocycles. The molecule has 5 nitrogen and oxygen atoms in total. The van der Waals surface area contributed by atoms with Crippen molar-refractivity contribution < 1.29 is 14.3 Å². The van der Waals surface area contributed by atoms with Crippen LogP contribution in [0.2, 0.25) is 0 Å². The molecule has 0 aliphatic carbocycles. The second-order valence-corrected chi connectivity index (χ2v) is 5.50. The Morgan fingerprint density at radius 1 is 1.55 bits per heavy atom. The first-order chi connectivity index (χ1) is 9.61. The minimum absolute atomic E-state index is 0.155. The third kappa shape index (κ3) is 3.43. The maximum atomic E-state index is 12.2. The van der Waals surface area contributed by atoms with Gasteiger partial charge in [-0.15, -0.1) is 0 Å². The van der Waals surface area contributed by atoms with Crippen molar-refractivity contribution in [2.75, 3.05) is 13.2 Å². The van der Waals surface area contributed by atoms with Crippen LogP contribution in [0.15, 0.2) is 29.3 Å². The van der Waals surface area contributed by atoms with Gasteiger partial charge in [0.1, 0.15) is 10.9 Å². The van der Waals surface area contributed by atoms with E-state index < -0.39 is 5.97 Å². The number of aromatic nitrogens is 1. The number of hydrogen-bond acceptors (Lipinski definition) is 6. The van der Waals surface area contributed by atoms with E-state index in [1.165, 1.54) is 4.90 Å². The smallest absolute Gasteiger partial charge is 0.326 e. The van der Waals surface area contributed by atoms with Crippen LogP contribution in [0.5, 0.6) is 0 Å². The highest BCUT2D eigenvalue weighted by atomic mass is 32.2. The summed E-state index contributed by atoms with van der Waals surface area (Å²) in [7, 11) is 0. The Balaban J connectivity index is 2.13. The SMILES string of the molecule is CCOC(=O)CN1C(=O)/C(=C/c2ccccn2)SC1=S. The number of amides is 1. The van der Waals surface area contributed by atoms with E-state index in [9.17, 15) is 9.59 Å². The number of esters is 1. The van der Waals surface area contributed by atoms with Gasteiger partial charge in [0.05, 0.1) is 17.2 Å². The van der Waals surface area contributed by atoms with Crippen LogP contribution in [0.4, 0.5) is 0 Å². The molecule has 1 aromatic heterocycles. The van der Waals surface area contributed by atoms with Gasteiger partial charge in [-0.2, -0.15) is 0 Å². The van der Waals surface area contributed by atoms with E-state index in [1.807, 2.05) is 6.07 Å². The van der Waals surface area contributed by atoms with Crippen molar-refractivity contribution in [1.82, 2.24) is 9.88 Å². The van der Waals surface area contributed by atoms with Gasteiger partial charge in [-0.25, -0.2) is 0 Å². The molecule has 104 valence electrons. The molecule has 2 rings (SSSR count). The van der Waals surface area contributed by atoms with Crippen LogP contribution in [0, 0.1) is 0 Å². The van der Waals surface area contributed by atoms with E-state index in [0.717, 1.165) is 11.8 Å². The zero-order valence-corrected chi connectivity index (χ0v) is 12.4. The van der Waals surface area contributed by atoms with Crippen LogP contribution in [-0.4, -0.2) is 39.2 Å². The number of pyridine rings is 1. The van der Waals surface area contributed by atoms with Crippen molar-refractivity contribution in [1.29, 1.82) is 0 Å². The fourth-order valence-electron chi connectivity index (χ4n) is 1.57. The number of ether oxygens (including phenoxy) is 1. The first-order valence-electron chi connectivity index (χ1n) is 5.94. The highest BCUT2D eigenvalue weighted by Crippen LogP contribution is 2.31. The number of nitrogens with zero attached hydrogens (tertiary/aromatic N) is 2. The summed E-state index contributed by atoms with van der Waals surface area (Å²) in [5.41, 5.74) is 0.670. The van der Waals surface area contributed by atoms with Crippen molar-refractivity contribution in [2.24, 2.45) is 0 Å². The molecular weight excluding hydrogens is 296 g/mol. The molecule has 0 N–H and O–H groups in total. The second kappa shape index (κ2) is 6.62. The molecular formula is C13H12N2O3S2. The summed E-state index contributed by atoms with van der Waals surface area (Å²) in [5, 5.41) is 0. The minimum Gasteiger partial charge on any atom is -0.465 e. The molecule has 1 amide bonds. The average molecular weight is 308 g/mol. The Bertz CT molecular complexity index is 572. The van der Waals surface area contributed by atoms with Gasteiger partial charge >= 0.3 is 5.97 Å². The van der Waals surface area contributed by atoms with E-state index in [2.05, 4.69) is 4.98 Å². The standard InChI is InChI=1S/C13H12N2O3S2/c1-2-18-11(16)8-15-12(17)10(20-13(15)19)7-9-5-3-4-6-14-9/h3-7H,2,8H2,1H3/b10-7-. The van der Waals surface area contributed by atoms with Gasteiger partial charge in [-0.05, 0) is 25.1 Å². The molecule has 0 atom stereocenters. The zero-order valence-electron chi connectivity index (χ0n) is 10.7. The fourth-order valence-corrected chi connectivity index (χ4v) is 2.81. The van der Waals surface area contributed by atoms with Gasteiger partial charge in [0.2, 0.25) is 0 Å². The molecule has 7 heteroatoms. The predicted octanol–water partition coefficient (Wildman–Crippen LogP) is 1.85. The molecule has 2 heterocycles. The molecule has 1 saturated heterocycles. The van der Waals surface area contributed by atoms with Crippen LogP contribution >= 0.6 is 24.0 Å². The molecule has 1 aromatic rings. The van der Waals surface area contributed by atoms with E-state index in [4.69, 9.17) is 17.0 Å². The van der Waals surface area contributed by atoms with Gasteiger partial charge in [0.25, 0.3) is 5.91 Å². The van der Waals surface area contributed by atoms with Crippen LogP contribution in [0.3, 0.4) is 0 Å². The molecule has 0 spiro atoms. The number of thioether (sulfide) groups is 1. The van der Waals surface area contributed by atoms with Gasteiger partial charge in [-0.1, -0.05) is 30.0 Å². The first-order valence-corrected chi connectivity index (χ1v) is 7.16. The molecule has 1 fully saturated rings. The van der Waals surface area contributed by atoms with Gasteiger partial charge < -0.3 is 4.74 Å². The molecule has 0 radical (unpaired) electrons. The molecule has 0 unspecified atom stereocenters. The van der Waals surface area contributed by atoms with E-state index in [0.29, 0.717) is 14.9 Å². The summed E-state index contributed by atoms with van der Waals surface area (Å²) in [6.07, 6.45) is 3.30. The maximum Gasteiger partial charge on any atom is 0.326 e. The quantitative estimate of drug-likeness (QED) is 0.480. The van der Waals surface area contributed by atoms with Gasteiger partial charge in [0, 0.05) is 6.20 Å². The molecule has 0 bridgehead atoms. The largest absolute Gasteiger partial charge is 0.465 e. The van der Waals surface area contributed by atoms with E-state index >= 15 is 0 Å². The number of carbonyl (C=O) groups is 2. The second-order valence-electron chi connectivity index (χ2n) is 3.83. The lowest BCUT2D eigenvalue weighted by atomic mass is 10.3. The summed E-state index contributed by atoms with van der Waals surface area (Å²) in [5.74, 6) is -0.762. The van der Waals surface area contributed by atoms with Gasteiger partial charge in [0.15, 0.2) is 0 Å². The summed E-state index contributed by atoms with van der Waals surface area (Å²) in [6, 6.07) is 5.42. The lowest BCUT2D eigenvalue weighted by Crippen LogP contribution is -2.34. The van der Waals surface area contributed by atoms with Crippen molar-refractivity contribution in [2.45, 2.75) is 6.92 Å². The average Bonchev–Trinajstić information content (AvgIpc) is 2.68. The topological polar surface area (TPSA) is 59.5 Å². The van der Waals surface area contributed by atoms with Crippen molar-refractivity contribution >= 4 is 46.3 Å². The van der Waals surface area contributed by atoms with Crippen LogP contribution in [0.25, 0.3) is 6.08 Å². The highest BCUT2D eigenvalue weighted by Gasteiger charge is 2.33. The molecule has 0 saturated carbocycles. The number of thiocarbonyl (C=S) groups is 1. The summed E-state index contributed by atoms with van der Waals surface area (Å²) >= 11 is 6.27. The molecule has 1 aliphatic rings. The van der Waals surface area contributed by atoms with Crippen molar-refractivity contribution in [3.63, 3.8) is 0 Å². The van der Waals surface area contributed by atoms with Crippen LogP contribution in [0.1, 0.15) is 12.6 Å². The fraction of sp³-hybridized carbons (Fsp3) is 0.231. The van der Waals surface area contributed by atoms with Crippen molar-refractivity contribution in [3.8, 4) is 0 Å². The zero-order chi connectivity index (χ0) is 14.5. The van der Waals surface area contributed by atoms with Crippen LogP contribution < -0.4 is 0 Å². The third-order valence-electron chi connectivity index (χ3n) is 2.43. The summed E-state index contributed by atoms with van der Waals surface area (Å²) < 4.78 is 5.17. The number of carbonyl (C=O) groups excluding carboxylic acids is 2. The van der Waals surface area contributed by atoms with Gasteiger partial charge in [-0.3, -0.25) is 19.5 Å². The molecule has 0 aromatic carbocycles. The normalized spacial score (nSPS) is 16.9. The maximum absolute atomic E-state index is 12.2. The van der Waals surface area contributed by atoms with Crippen LogP contribution in [-0.2, 0) is 14.3 Å². The first kappa shape index (κ1) is 14.7. The van der Waals surface area contributed by atoms with Crippen molar-refractivity contribution in [3.05, 3.63) is 35.0 Å². The highest BCUT2D eigenvalue weighted by molar-refractivity contribution is 8.26. The Morgan fingerprint density at radius 3 is 3.00 bits per heavy atom. The lowest BCUT2D eigenvalue weighted by Gasteiger charge is -2.12.